The van der Waals surface area contributed by atoms with E-state index in [-0.39, 0.29) is 10.8 Å². The first-order valence-corrected chi connectivity index (χ1v) is 7.00. The van der Waals surface area contributed by atoms with Gasteiger partial charge in [-0.25, -0.2) is 4.98 Å². The van der Waals surface area contributed by atoms with Crippen LogP contribution in [0.2, 0.25) is 5.15 Å². The molecule has 0 saturated carbocycles. The van der Waals surface area contributed by atoms with E-state index in [9.17, 15) is 10.1 Å². The number of anilines is 1. The Kier molecular flexibility index (Phi) is 6.16. The van der Waals surface area contributed by atoms with Gasteiger partial charge in [0.05, 0.1) is 17.1 Å². The Bertz CT molecular complexity index is 458. The summed E-state index contributed by atoms with van der Waals surface area (Å²) in [6.45, 7) is 10.0. The standard InChI is InChI=1S/C13H21ClN4O2/c1-9(2)17(10(3)4)6-5-15-13-8-11(18(19)20)7-12(14)16-13/h7-10H,5-6H2,1-4H3,(H,15,16). The Labute approximate surface area is 124 Å². The Morgan fingerprint density at radius 2 is 1.95 bits per heavy atom. The zero-order chi connectivity index (χ0) is 15.3. The lowest BCUT2D eigenvalue weighted by molar-refractivity contribution is -0.384. The molecule has 7 heteroatoms. The lowest BCUT2D eigenvalue weighted by Gasteiger charge is -2.30. The summed E-state index contributed by atoms with van der Waals surface area (Å²) in [6, 6.07) is 3.51. The fourth-order valence-electron chi connectivity index (χ4n) is 2.11. The molecule has 0 aromatic carbocycles. The monoisotopic (exact) mass is 300 g/mol. The molecule has 0 bridgehead atoms. The molecule has 1 aromatic rings. The molecule has 0 amide bonds. The van der Waals surface area contributed by atoms with E-state index in [1.807, 2.05) is 0 Å². The average Bonchev–Trinajstić information content (AvgIpc) is 2.32. The van der Waals surface area contributed by atoms with Crippen LogP contribution in [-0.4, -0.2) is 40.0 Å². The molecule has 1 N–H and O–H groups in total. The summed E-state index contributed by atoms with van der Waals surface area (Å²) in [5.41, 5.74) is -0.0583. The summed E-state index contributed by atoms with van der Waals surface area (Å²) in [4.78, 5) is 16.6. The molecule has 112 valence electrons. The SMILES string of the molecule is CC(C)N(CCNc1cc([N+](=O)[O-])cc(Cl)n1)C(C)C. The van der Waals surface area contributed by atoms with Crippen LogP contribution in [0.4, 0.5) is 11.5 Å². The van der Waals surface area contributed by atoms with E-state index in [1.165, 1.54) is 12.1 Å². The van der Waals surface area contributed by atoms with Crippen LogP contribution < -0.4 is 5.32 Å². The molecule has 0 unspecified atom stereocenters. The van der Waals surface area contributed by atoms with Crippen LogP contribution in [0.1, 0.15) is 27.7 Å². The van der Waals surface area contributed by atoms with Gasteiger partial charge in [-0.15, -0.1) is 0 Å². The maximum Gasteiger partial charge on any atom is 0.276 e. The highest BCUT2D eigenvalue weighted by Gasteiger charge is 2.13. The van der Waals surface area contributed by atoms with Crippen LogP contribution in [0, 0.1) is 10.1 Å². The predicted octanol–water partition coefficient (Wildman–Crippen LogP) is 3.17. The van der Waals surface area contributed by atoms with E-state index in [0.29, 0.717) is 24.4 Å². The molecule has 0 atom stereocenters. The lowest BCUT2D eigenvalue weighted by Crippen LogP contribution is -2.40. The second kappa shape index (κ2) is 7.40. The van der Waals surface area contributed by atoms with E-state index in [1.54, 1.807) is 0 Å². The number of rotatable bonds is 7. The smallest absolute Gasteiger partial charge is 0.276 e. The predicted molar refractivity (Wildman–Crippen MR) is 81.4 cm³/mol. The topological polar surface area (TPSA) is 71.3 Å². The van der Waals surface area contributed by atoms with Gasteiger partial charge in [-0.3, -0.25) is 15.0 Å². The number of hydrogen-bond acceptors (Lipinski definition) is 5. The summed E-state index contributed by atoms with van der Waals surface area (Å²) in [6.07, 6.45) is 0. The van der Waals surface area contributed by atoms with Gasteiger partial charge < -0.3 is 5.32 Å². The van der Waals surface area contributed by atoms with Crippen molar-refractivity contribution in [2.75, 3.05) is 18.4 Å². The van der Waals surface area contributed by atoms with Gasteiger partial charge >= 0.3 is 0 Å². The third-order valence-electron chi connectivity index (χ3n) is 2.99. The summed E-state index contributed by atoms with van der Waals surface area (Å²) >= 11 is 5.77. The minimum Gasteiger partial charge on any atom is -0.369 e. The Balaban J connectivity index is 2.64. The van der Waals surface area contributed by atoms with Gasteiger partial charge in [0.25, 0.3) is 5.69 Å². The number of aromatic nitrogens is 1. The second-order valence-corrected chi connectivity index (χ2v) is 5.53. The molecule has 0 aliphatic carbocycles. The fourth-order valence-corrected chi connectivity index (χ4v) is 2.31. The maximum atomic E-state index is 10.7. The number of halogens is 1. The van der Waals surface area contributed by atoms with Crippen LogP contribution >= 0.6 is 11.6 Å². The van der Waals surface area contributed by atoms with E-state index >= 15 is 0 Å². The van der Waals surface area contributed by atoms with Gasteiger partial charge in [0.1, 0.15) is 11.0 Å². The molecule has 0 aliphatic heterocycles. The molecule has 0 fully saturated rings. The van der Waals surface area contributed by atoms with Crippen LogP contribution in [0.5, 0.6) is 0 Å². The Hall–Kier alpha value is -1.40. The van der Waals surface area contributed by atoms with E-state index in [0.717, 1.165) is 6.54 Å². The quantitative estimate of drug-likeness (QED) is 0.476. The largest absolute Gasteiger partial charge is 0.369 e. The minimum atomic E-state index is -0.479. The van der Waals surface area contributed by atoms with Crippen molar-refractivity contribution in [3.8, 4) is 0 Å². The molecule has 0 aliphatic rings. The first kappa shape index (κ1) is 16.7. The van der Waals surface area contributed by atoms with Gasteiger partial charge in [0.2, 0.25) is 0 Å². The highest BCUT2D eigenvalue weighted by molar-refractivity contribution is 6.29. The minimum absolute atomic E-state index is 0.0583. The van der Waals surface area contributed by atoms with Crippen molar-refractivity contribution in [1.29, 1.82) is 0 Å². The van der Waals surface area contributed by atoms with Gasteiger partial charge in [-0.05, 0) is 27.7 Å². The number of nitrogens with zero attached hydrogens (tertiary/aromatic N) is 3. The molecule has 0 radical (unpaired) electrons. The highest BCUT2D eigenvalue weighted by Crippen LogP contribution is 2.20. The van der Waals surface area contributed by atoms with Crippen molar-refractivity contribution in [1.82, 2.24) is 9.88 Å². The van der Waals surface area contributed by atoms with Crippen molar-refractivity contribution in [2.24, 2.45) is 0 Å². The third-order valence-corrected chi connectivity index (χ3v) is 3.19. The van der Waals surface area contributed by atoms with Crippen LogP contribution in [-0.2, 0) is 0 Å². The van der Waals surface area contributed by atoms with Crippen LogP contribution in [0.3, 0.4) is 0 Å². The molecule has 6 nitrogen and oxygen atoms in total. The Morgan fingerprint density at radius 1 is 1.35 bits per heavy atom. The number of hydrogen-bond donors (Lipinski definition) is 1. The van der Waals surface area contributed by atoms with Gasteiger partial charge in [0, 0.05) is 25.2 Å². The van der Waals surface area contributed by atoms with Crippen molar-refractivity contribution in [3.63, 3.8) is 0 Å². The lowest BCUT2D eigenvalue weighted by atomic mass is 10.2. The third kappa shape index (κ3) is 4.94. The molecular formula is C13H21ClN4O2. The average molecular weight is 301 g/mol. The summed E-state index contributed by atoms with van der Waals surface area (Å²) in [7, 11) is 0. The zero-order valence-corrected chi connectivity index (χ0v) is 13.0. The molecule has 0 spiro atoms. The summed E-state index contributed by atoms with van der Waals surface area (Å²) in [5, 5.41) is 13.9. The molecule has 1 rings (SSSR count). The second-order valence-electron chi connectivity index (χ2n) is 5.14. The van der Waals surface area contributed by atoms with Crippen molar-refractivity contribution >= 4 is 23.1 Å². The zero-order valence-electron chi connectivity index (χ0n) is 12.3. The molecular weight excluding hydrogens is 280 g/mol. The maximum absolute atomic E-state index is 10.7. The van der Waals surface area contributed by atoms with Crippen molar-refractivity contribution in [3.05, 3.63) is 27.4 Å². The van der Waals surface area contributed by atoms with E-state index in [2.05, 4.69) is 42.9 Å². The number of pyridine rings is 1. The highest BCUT2D eigenvalue weighted by atomic mass is 35.5. The molecule has 0 saturated heterocycles. The van der Waals surface area contributed by atoms with Crippen LogP contribution in [0.25, 0.3) is 0 Å². The van der Waals surface area contributed by atoms with Gasteiger partial charge in [-0.1, -0.05) is 11.6 Å². The van der Waals surface area contributed by atoms with Crippen molar-refractivity contribution < 1.29 is 4.92 Å². The molecule has 20 heavy (non-hydrogen) atoms. The van der Waals surface area contributed by atoms with Gasteiger partial charge in [-0.2, -0.15) is 0 Å². The van der Waals surface area contributed by atoms with E-state index < -0.39 is 4.92 Å². The first-order chi connectivity index (χ1) is 9.31. The fraction of sp³-hybridized carbons (Fsp3) is 0.615. The van der Waals surface area contributed by atoms with E-state index in [4.69, 9.17) is 11.6 Å². The number of nitro groups is 1. The van der Waals surface area contributed by atoms with Gasteiger partial charge in [0.15, 0.2) is 0 Å². The van der Waals surface area contributed by atoms with Crippen molar-refractivity contribution in [2.45, 2.75) is 39.8 Å². The molecule has 1 heterocycles. The summed E-state index contributed by atoms with van der Waals surface area (Å²) in [5.74, 6) is 0.427. The normalized spacial score (nSPS) is 11.4. The van der Waals surface area contributed by atoms with Crippen LogP contribution in [0.15, 0.2) is 12.1 Å². The summed E-state index contributed by atoms with van der Waals surface area (Å²) < 4.78 is 0. The first-order valence-electron chi connectivity index (χ1n) is 6.63. The number of nitrogens with one attached hydrogen (secondary N) is 1. The Morgan fingerprint density at radius 3 is 2.45 bits per heavy atom. The molecule has 1 aromatic heterocycles.